The minimum absolute atomic E-state index is 0.263. The van der Waals surface area contributed by atoms with Crippen molar-refractivity contribution in [1.29, 1.82) is 0 Å². The molecule has 5 nitrogen and oxygen atoms in total. The van der Waals surface area contributed by atoms with Crippen LogP contribution in [0.25, 0.3) is 0 Å². The van der Waals surface area contributed by atoms with Crippen LogP contribution in [-0.4, -0.2) is 18.9 Å². The van der Waals surface area contributed by atoms with E-state index < -0.39 is 0 Å². The van der Waals surface area contributed by atoms with E-state index in [0.717, 1.165) is 4.47 Å². The Labute approximate surface area is 130 Å². The average molecular weight is 348 g/mol. The predicted octanol–water partition coefficient (Wildman–Crippen LogP) is 2.64. The Morgan fingerprint density at radius 1 is 1.10 bits per heavy atom. The maximum Gasteiger partial charge on any atom is 0.255 e. The fraction of sp³-hybridized carbons (Fsp3) is 0.0667. The van der Waals surface area contributed by atoms with E-state index in [2.05, 4.69) is 26.6 Å². The van der Waals surface area contributed by atoms with Gasteiger partial charge in [-0.25, -0.2) is 0 Å². The molecule has 0 radical (unpaired) electrons. The molecular formula is C15H14BrN3O2. The van der Waals surface area contributed by atoms with Crippen molar-refractivity contribution in [2.24, 2.45) is 0 Å². The third kappa shape index (κ3) is 3.41. The number of nitrogens with one attached hydrogen (secondary N) is 2. The minimum Gasteiger partial charge on any atom is -0.398 e. The number of carbonyl (C=O) groups is 2. The van der Waals surface area contributed by atoms with Crippen LogP contribution in [-0.2, 0) is 0 Å². The normalized spacial score (nSPS) is 10.0. The molecule has 0 atom stereocenters. The molecule has 0 aliphatic heterocycles. The number of hydrogen-bond acceptors (Lipinski definition) is 3. The molecule has 108 valence electrons. The van der Waals surface area contributed by atoms with Crippen LogP contribution < -0.4 is 16.4 Å². The van der Waals surface area contributed by atoms with Crippen LogP contribution in [0.5, 0.6) is 0 Å². The van der Waals surface area contributed by atoms with Gasteiger partial charge in [0.05, 0.1) is 11.3 Å². The predicted molar refractivity (Wildman–Crippen MR) is 86.3 cm³/mol. The summed E-state index contributed by atoms with van der Waals surface area (Å²) in [4.78, 5) is 24.0. The Kier molecular flexibility index (Phi) is 4.59. The summed E-state index contributed by atoms with van der Waals surface area (Å²) < 4.78 is 0.727. The molecule has 2 aromatic carbocycles. The number of carbonyl (C=O) groups excluding carboxylic acids is 2. The summed E-state index contributed by atoms with van der Waals surface area (Å²) in [5.74, 6) is -0.591. The fourth-order valence-electron chi connectivity index (χ4n) is 1.80. The minimum atomic E-state index is -0.328. The van der Waals surface area contributed by atoms with Gasteiger partial charge < -0.3 is 16.4 Å². The van der Waals surface area contributed by atoms with Crippen molar-refractivity contribution in [3.05, 3.63) is 58.1 Å². The molecule has 0 aliphatic carbocycles. The van der Waals surface area contributed by atoms with Crippen molar-refractivity contribution in [2.45, 2.75) is 0 Å². The van der Waals surface area contributed by atoms with E-state index in [9.17, 15) is 9.59 Å². The van der Waals surface area contributed by atoms with Gasteiger partial charge in [-0.05, 0) is 46.3 Å². The number of halogens is 1. The summed E-state index contributed by atoms with van der Waals surface area (Å²) in [7, 11) is 1.54. The summed E-state index contributed by atoms with van der Waals surface area (Å²) in [6.45, 7) is 0. The number of amides is 2. The Balaban J connectivity index is 2.27. The van der Waals surface area contributed by atoms with Crippen LogP contribution in [0, 0.1) is 0 Å². The zero-order chi connectivity index (χ0) is 15.4. The molecule has 0 aromatic heterocycles. The Morgan fingerprint density at radius 3 is 2.48 bits per heavy atom. The average Bonchev–Trinajstić information content (AvgIpc) is 2.49. The van der Waals surface area contributed by atoms with Gasteiger partial charge in [-0.1, -0.05) is 12.1 Å². The molecule has 0 unspecified atom stereocenters. The van der Waals surface area contributed by atoms with Crippen LogP contribution in [0.15, 0.2) is 46.9 Å². The Hall–Kier alpha value is -2.34. The molecule has 2 amide bonds. The van der Waals surface area contributed by atoms with Crippen molar-refractivity contribution in [3.63, 3.8) is 0 Å². The van der Waals surface area contributed by atoms with E-state index in [1.807, 2.05) is 0 Å². The van der Waals surface area contributed by atoms with Crippen LogP contribution in [0.1, 0.15) is 20.7 Å². The molecule has 6 heteroatoms. The number of anilines is 2. The summed E-state index contributed by atoms with van der Waals surface area (Å²) in [6, 6.07) is 11.7. The molecule has 0 fully saturated rings. The van der Waals surface area contributed by atoms with Gasteiger partial charge in [0.2, 0.25) is 0 Å². The van der Waals surface area contributed by atoms with E-state index in [0.29, 0.717) is 22.5 Å². The lowest BCUT2D eigenvalue weighted by Gasteiger charge is -2.10. The number of benzene rings is 2. The smallest absolute Gasteiger partial charge is 0.255 e. The molecular weight excluding hydrogens is 334 g/mol. The summed E-state index contributed by atoms with van der Waals surface area (Å²) in [6.07, 6.45) is 0. The number of para-hydroxylation sites is 1. The van der Waals surface area contributed by atoms with Gasteiger partial charge in [-0.3, -0.25) is 9.59 Å². The lowest BCUT2D eigenvalue weighted by Crippen LogP contribution is -2.21. The van der Waals surface area contributed by atoms with Gasteiger partial charge in [0.1, 0.15) is 0 Å². The third-order valence-electron chi connectivity index (χ3n) is 2.91. The summed E-state index contributed by atoms with van der Waals surface area (Å²) in [5.41, 5.74) is 7.50. The first-order valence-corrected chi connectivity index (χ1v) is 6.99. The lowest BCUT2D eigenvalue weighted by atomic mass is 10.1. The van der Waals surface area contributed by atoms with Crippen molar-refractivity contribution in [1.82, 2.24) is 5.32 Å². The van der Waals surface area contributed by atoms with Crippen molar-refractivity contribution in [2.75, 3.05) is 18.1 Å². The second kappa shape index (κ2) is 6.41. The van der Waals surface area contributed by atoms with Crippen LogP contribution in [0.4, 0.5) is 11.4 Å². The van der Waals surface area contributed by atoms with Gasteiger partial charge >= 0.3 is 0 Å². The molecule has 2 aromatic rings. The standard InChI is InChI=1S/C15H14BrN3O2/c1-18-15(21)10-4-2-3-5-13(10)19-14(20)9-6-7-11(16)12(17)8-9/h2-8H,17H2,1H3,(H,18,21)(H,19,20). The maximum absolute atomic E-state index is 12.2. The summed E-state index contributed by atoms with van der Waals surface area (Å²) >= 11 is 3.28. The highest BCUT2D eigenvalue weighted by atomic mass is 79.9. The highest BCUT2D eigenvalue weighted by molar-refractivity contribution is 9.10. The molecule has 0 bridgehead atoms. The number of nitrogen functional groups attached to an aromatic ring is 1. The first-order chi connectivity index (χ1) is 10.0. The van der Waals surface area contributed by atoms with E-state index in [4.69, 9.17) is 5.73 Å². The number of nitrogens with two attached hydrogens (primary N) is 1. The quantitative estimate of drug-likeness (QED) is 0.746. The van der Waals surface area contributed by atoms with Crippen LogP contribution in [0.2, 0.25) is 0 Å². The van der Waals surface area contributed by atoms with Crippen LogP contribution >= 0.6 is 15.9 Å². The lowest BCUT2D eigenvalue weighted by molar-refractivity contribution is 0.0964. The van der Waals surface area contributed by atoms with Crippen molar-refractivity contribution >= 4 is 39.1 Å². The monoisotopic (exact) mass is 347 g/mol. The molecule has 0 aliphatic rings. The second-order valence-corrected chi connectivity index (χ2v) is 5.17. The fourth-order valence-corrected chi connectivity index (χ4v) is 2.05. The molecule has 0 saturated heterocycles. The van der Waals surface area contributed by atoms with Crippen molar-refractivity contribution in [3.8, 4) is 0 Å². The van der Waals surface area contributed by atoms with Gasteiger partial charge in [0.15, 0.2) is 0 Å². The van der Waals surface area contributed by atoms with Gasteiger partial charge in [0.25, 0.3) is 11.8 Å². The van der Waals surface area contributed by atoms with Crippen molar-refractivity contribution < 1.29 is 9.59 Å². The first kappa shape index (κ1) is 15.1. The SMILES string of the molecule is CNC(=O)c1ccccc1NC(=O)c1ccc(Br)c(N)c1. The van der Waals surface area contributed by atoms with E-state index in [1.165, 1.54) is 7.05 Å². The molecule has 0 heterocycles. The largest absolute Gasteiger partial charge is 0.398 e. The zero-order valence-electron chi connectivity index (χ0n) is 11.3. The first-order valence-electron chi connectivity index (χ1n) is 6.20. The molecule has 21 heavy (non-hydrogen) atoms. The summed E-state index contributed by atoms with van der Waals surface area (Å²) in [5, 5.41) is 5.25. The van der Waals surface area contributed by atoms with Crippen LogP contribution in [0.3, 0.4) is 0 Å². The molecule has 4 N–H and O–H groups in total. The maximum atomic E-state index is 12.2. The molecule has 0 spiro atoms. The zero-order valence-corrected chi connectivity index (χ0v) is 12.9. The van der Waals surface area contributed by atoms with E-state index in [-0.39, 0.29) is 11.8 Å². The van der Waals surface area contributed by atoms with Gasteiger partial charge in [-0.2, -0.15) is 0 Å². The third-order valence-corrected chi connectivity index (χ3v) is 3.63. The van der Waals surface area contributed by atoms with E-state index >= 15 is 0 Å². The second-order valence-electron chi connectivity index (χ2n) is 4.32. The highest BCUT2D eigenvalue weighted by Gasteiger charge is 2.13. The Bertz CT molecular complexity index is 701. The highest BCUT2D eigenvalue weighted by Crippen LogP contribution is 2.21. The molecule has 2 rings (SSSR count). The molecule has 0 saturated carbocycles. The van der Waals surface area contributed by atoms with Gasteiger partial charge in [-0.15, -0.1) is 0 Å². The number of hydrogen-bond donors (Lipinski definition) is 3. The van der Waals surface area contributed by atoms with E-state index in [1.54, 1.807) is 42.5 Å². The van der Waals surface area contributed by atoms with Gasteiger partial charge in [0, 0.05) is 22.8 Å². The topological polar surface area (TPSA) is 84.2 Å². The number of rotatable bonds is 3. The Morgan fingerprint density at radius 2 is 1.81 bits per heavy atom.